The fourth-order valence-corrected chi connectivity index (χ4v) is 3.55. The Labute approximate surface area is 185 Å². The number of hydrogen-bond donors (Lipinski definition) is 1. The second-order valence-corrected chi connectivity index (χ2v) is 7.35. The number of nitrogens with one attached hydrogen (secondary N) is 1. The van der Waals surface area contributed by atoms with Crippen molar-refractivity contribution in [1.29, 1.82) is 0 Å². The molecule has 166 valence electrons. The smallest absolute Gasteiger partial charge is 0.322 e. The first kappa shape index (κ1) is 21.4. The van der Waals surface area contributed by atoms with Gasteiger partial charge in [-0.05, 0) is 48.9 Å². The molecule has 4 rings (SSSR count). The highest BCUT2D eigenvalue weighted by Crippen LogP contribution is 2.32. The summed E-state index contributed by atoms with van der Waals surface area (Å²) >= 11 is 0. The lowest BCUT2D eigenvalue weighted by atomic mass is 10.1. The Morgan fingerprint density at radius 1 is 1.12 bits per heavy atom. The summed E-state index contributed by atoms with van der Waals surface area (Å²) in [5, 5.41) is 10.6. The van der Waals surface area contributed by atoms with Crippen LogP contribution in [0.4, 0.5) is 11.7 Å². The Hall–Kier alpha value is -3.88. The van der Waals surface area contributed by atoms with Crippen LogP contribution in [0.3, 0.4) is 0 Å². The number of anilines is 2. The van der Waals surface area contributed by atoms with Crippen molar-refractivity contribution in [1.82, 2.24) is 10.2 Å². The average Bonchev–Trinajstić information content (AvgIpc) is 3.41. The van der Waals surface area contributed by atoms with E-state index in [9.17, 15) is 9.59 Å². The Kier molecular flexibility index (Phi) is 6.34. The lowest BCUT2D eigenvalue weighted by molar-refractivity contribution is -0.117. The van der Waals surface area contributed by atoms with E-state index >= 15 is 0 Å². The summed E-state index contributed by atoms with van der Waals surface area (Å²) < 4.78 is 16.2. The molecule has 2 amide bonds. The minimum Gasteiger partial charge on any atom is -0.497 e. The summed E-state index contributed by atoms with van der Waals surface area (Å²) in [7, 11) is 1.59. The van der Waals surface area contributed by atoms with Crippen LogP contribution in [-0.2, 0) is 16.0 Å². The van der Waals surface area contributed by atoms with Crippen molar-refractivity contribution >= 4 is 23.5 Å². The molecule has 1 unspecified atom stereocenters. The third-order valence-corrected chi connectivity index (χ3v) is 5.14. The summed E-state index contributed by atoms with van der Waals surface area (Å²) in [6.45, 7) is 2.93. The van der Waals surface area contributed by atoms with E-state index in [0.717, 1.165) is 22.7 Å². The van der Waals surface area contributed by atoms with Gasteiger partial charge < -0.3 is 18.8 Å². The second kappa shape index (κ2) is 9.51. The van der Waals surface area contributed by atoms with Gasteiger partial charge in [0.05, 0.1) is 26.1 Å². The van der Waals surface area contributed by atoms with E-state index < -0.39 is 0 Å². The molecule has 0 bridgehead atoms. The molecule has 0 spiro atoms. The maximum atomic E-state index is 12.5. The van der Waals surface area contributed by atoms with Gasteiger partial charge in [0.25, 0.3) is 0 Å². The normalized spacial score (nSPS) is 15.6. The van der Waals surface area contributed by atoms with Gasteiger partial charge in [0.1, 0.15) is 11.5 Å². The average molecular weight is 436 g/mol. The van der Waals surface area contributed by atoms with Crippen LogP contribution < -0.4 is 19.7 Å². The number of hydrogen-bond acceptors (Lipinski definition) is 7. The van der Waals surface area contributed by atoms with Crippen LogP contribution in [0.25, 0.3) is 0 Å². The van der Waals surface area contributed by atoms with Gasteiger partial charge in [-0.3, -0.25) is 14.9 Å². The number of aromatic nitrogens is 2. The number of carbonyl (C=O) groups is 2. The number of amides is 2. The number of methoxy groups -OCH3 is 1. The van der Waals surface area contributed by atoms with Gasteiger partial charge in [-0.15, -0.1) is 5.10 Å². The Morgan fingerprint density at radius 3 is 2.53 bits per heavy atom. The van der Waals surface area contributed by atoms with Crippen molar-refractivity contribution in [3.63, 3.8) is 0 Å². The highest BCUT2D eigenvalue weighted by atomic mass is 16.5. The van der Waals surface area contributed by atoms with E-state index in [1.54, 1.807) is 24.1 Å². The first-order valence-electron chi connectivity index (χ1n) is 10.3. The molecule has 1 aliphatic rings. The first-order chi connectivity index (χ1) is 15.6. The van der Waals surface area contributed by atoms with Gasteiger partial charge >= 0.3 is 6.01 Å². The summed E-state index contributed by atoms with van der Waals surface area (Å²) in [6, 6.07) is 14.6. The largest absolute Gasteiger partial charge is 0.497 e. The predicted molar refractivity (Wildman–Crippen MR) is 117 cm³/mol. The minimum atomic E-state index is -0.274. The van der Waals surface area contributed by atoms with Crippen LogP contribution in [0, 0.1) is 0 Å². The van der Waals surface area contributed by atoms with Crippen molar-refractivity contribution in [2.45, 2.75) is 25.7 Å². The van der Waals surface area contributed by atoms with Crippen LogP contribution >= 0.6 is 0 Å². The van der Waals surface area contributed by atoms with Gasteiger partial charge in [0.15, 0.2) is 0 Å². The number of ether oxygens (including phenoxy) is 2. The van der Waals surface area contributed by atoms with Gasteiger partial charge in [0, 0.05) is 18.7 Å². The zero-order valence-electron chi connectivity index (χ0n) is 17.9. The molecule has 32 heavy (non-hydrogen) atoms. The molecule has 0 radical (unpaired) electrons. The van der Waals surface area contributed by atoms with E-state index in [0.29, 0.717) is 19.0 Å². The van der Waals surface area contributed by atoms with Crippen molar-refractivity contribution in [3.8, 4) is 11.5 Å². The minimum absolute atomic E-state index is 0.0190. The highest BCUT2D eigenvalue weighted by molar-refractivity contribution is 5.96. The van der Waals surface area contributed by atoms with Gasteiger partial charge in [-0.1, -0.05) is 17.2 Å². The third kappa shape index (κ3) is 4.88. The number of rotatable bonds is 8. The van der Waals surface area contributed by atoms with Gasteiger partial charge in [-0.25, -0.2) is 0 Å². The van der Waals surface area contributed by atoms with Crippen molar-refractivity contribution in [2.75, 3.05) is 30.5 Å². The van der Waals surface area contributed by atoms with E-state index in [2.05, 4.69) is 15.5 Å². The molecule has 1 aliphatic heterocycles. The van der Waals surface area contributed by atoms with Crippen LogP contribution in [0.1, 0.15) is 30.7 Å². The van der Waals surface area contributed by atoms with Gasteiger partial charge in [0.2, 0.25) is 17.7 Å². The first-order valence-corrected chi connectivity index (χ1v) is 10.3. The van der Waals surface area contributed by atoms with E-state index in [4.69, 9.17) is 13.9 Å². The number of benzene rings is 2. The fourth-order valence-electron chi connectivity index (χ4n) is 3.55. The predicted octanol–water partition coefficient (Wildman–Crippen LogP) is 3.18. The topological polar surface area (TPSA) is 107 Å². The molecule has 9 nitrogen and oxygen atoms in total. The zero-order chi connectivity index (χ0) is 22.5. The quantitative estimate of drug-likeness (QED) is 0.578. The Balaban J connectivity index is 1.35. The molecule has 1 N–H and O–H groups in total. The molecule has 0 aliphatic carbocycles. The van der Waals surface area contributed by atoms with E-state index in [1.165, 1.54) is 0 Å². The molecule has 1 saturated heterocycles. The van der Waals surface area contributed by atoms with Crippen molar-refractivity contribution < 1.29 is 23.5 Å². The maximum Gasteiger partial charge on any atom is 0.322 e. The lowest BCUT2D eigenvalue weighted by Gasteiger charge is -2.16. The molecule has 2 aromatic carbocycles. The third-order valence-electron chi connectivity index (χ3n) is 5.14. The molecule has 1 aromatic heterocycles. The summed E-state index contributed by atoms with van der Waals surface area (Å²) in [5.74, 6) is 1.26. The van der Waals surface area contributed by atoms with Crippen LogP contribution in [-0.4, -0.2) is 42.3 Å². The molecule has 9 heteroatoms. The Bertz CT molecular complexity index is 1080. The molecule has 3 aromatic rings. The summed E-state index contributed by atoms with van der Waals surface area (Å²) in [5.41, 5.74) is 1.61. The summed E-state index contributed by atoms with van der Waals surface area (Å²) in [6.07, 6.45) is 0.420. The monoisotopic (exact) mass is 436 g/mol. The van der Waals surface area contributed by atoms with E-state index in [-0.39, 0.29) is 36.6 Å². The van der Waals surface area contributed by atoms with Crippen molar-refractivity contribution in [3.05, 3.63) is 60.0 Å². The van der Waals surface area contributed by atoms with Crippen LogP contribution in [0.15, 0.2) is 52.9 Å². The molecule has 1 fully saturated rings. The maximum absolute atomic E-state index is 12.5. The second-order valence-electron chi connectivity index (χ2n) is 7.35. The van der Waals surface area contributed by atoms with Crippen LogP contribution in [0.5, 0.6) is 11.5 Å². The fraction of sp³-hybridized carbons (Fsp3) is 0.304. The Morgan fingerprint density at radius 2 is 1.84 bits per heavy atom. The molecule has 2 heterocycles. The molecular weight excluding hydrogens is 412 g/mol. The number of nitrogens with zero attached hydrogens (tertiary/aromatic N) is 3. The standard InChI is InChI=1S/C23H24N4O5/c1-3-31-19-10-6-17(7-11-19)27-14-16(13-21(27)29)22-25-26-23(32-22)24-20(28)12-15-4-8-18(30-2)9-5-15/h4-11,16H,3,12-14H2,1-2H3,(H,24,26,28). The molecule has 1 atom stereocenters. The zero-order valence-corrected chi connectivity index (χ0v) is 17.9. The van der Waals surface area contributed by atoms with E-state index in [1.807, 2.05) is 43.3 Å². The summed E-state index contributed by atoms with van der Waals surface area (Å²) in [4.78, 5) is 26.5. The number of carbonyl (C=O) groups excluding carboxylic acids is 2. The van der Waals surface area contributed by atoms with Gasteiger partial charge in [-0.2, -0.15) is 0 Å². The molecule has 0 saturated carbocycles. The lowest BCUT2D eigenvalue weighted by Crippen LogP contribution is -2.24. The van der Waals surface area contributed by atoms with Crippen molar-refractivity contribution in [2.24, 2.45) is 0 Å². The SMILES string of the molecule is CCOc1ccc(N2CC(c3nnc(NC(=O)Cc4ccc(OC)cc4)o3)CC2=O)cc1. The highest BCUT2D eigenvalue weighted by Gasteiger charge is 2.35. The molecular formula is C23H24N4O5. The van der Waals surface area contributed by atoms with Crippen LogP contribution in [0.2, 0.25) is 0 Å².